The third-order valence-electron chi connectivity index (χ3n) is 4.14. The van der Waals surface area contributed by atoms with E-state index >= 15 is 0 Å². The van der Waals surface area contributed by atoms with Gasteiger partial charge in [0.25, 0.3) is 11.8 Å². The molecule has 1 aliphatic carbocycles. The van der Waals surface area contributed by atoms with Crippen LogP contribution in [0.15, 0.2) is 40.5 Å². The van der Waals surface area contributed by atoms with Crippen molar-refractivity contribution in [3.05, 3.63) is 41.9 Å². The van der Waals surface area contributed by atoms with Crippen molar-refractivity contribution >= 4 is 35.2 Å². The number of allylic oxidation sites excluding steroid dienone is 2. The van der Waals surface area contributed by atoms with E-state index in [-0.39, 0.29) is 22.6 Å². The maximum atomic E-state index is 12.7. The van der Waals surface area contributed by atoms with Gasteiger partial charge in [-0.15, -0.1) is 0 Å². The van der Waals surface area contributed by atoms with E-state index in [1.165, 1.54) is 12.5 Å². The second kappa shape index (κ2) is 6.91. The summed E-state index contributed by atoms with van der Waals surface area (Å²) in [6.45, 7) is 0. The van der Waals surface area contributed by atoms with Crippen LogP contribution in [0.25, 0.3) is 6.08 Å². The number of furan rings is 1. The second-order valence-electron chi connectivity index (χ2n) is 5.68. The van der Waals surface area contributed by atoms with Gasteiger partial charge in [-0.25, -0.2) is 0 Å². The summed E-state index contributed by atoms with van der Waals surface area (Å²) in [5, 5.41) is 2.84. The Morgan fingerprint density at radius 2 is 2.04 bits per heavy atom. The van der Waals surface area contributed by atoms with Crippen molar-refractivity contribution in [1.82, 2.24) is 10.2 Å². The zero-order valence-electron chi connectivity index (χ0n) is 12.7. The molecular formula is C17H18N2O3S. The Labute approximate surface area is 140 Å². The number of nitrogens with zero attached hydrogens (tertiary/aromatic N) is 1. The molecule has 0 bridgehead atoms. The summed E-state index contributed by atoms with van der Waals surface area (Å²) in [6, 6.07) is 3.65. The molecule has 0 unspecified atom stereocenters. The number of carbonyl (C=O) groups is 2. The van der Waals surface area contributed by atoms with E-state index in [1.807, 2.05) is 0 Å². The van der Waals surface area contributed by atoms with Crippen molar-refractivity contribution in [3.8, 4) is 0 Å². The summed E-state index contributed by atoms with van der Waals surface area (Å²) in [5.41, 5.74) is 0.104. The van der Waals surface area contributed by atoms with Crippen LogP contribution in [0.4, 0.5) is 0 Å². The lowest BCUT2D eigenvalue weighted by atomic mass is 9.93. The molecule has 2 heterocycles. The predicted octanol–water partition coefficient (Wildman–Crippen LogP) is 2.80. The molecule has 1 aromatic rings. The van der Waals surface area contributed by atoms with Gasteiger partial charge >= 0.3 is 0 Å². The molecule has 120 valence electrons. The molecule has 1 saturated heterocycles. The summed E-state index contributed by atoms with van der Waals surface area (Å²) in [7, 11) is 0. The van der Waals surface area contributed by atoms with Gasteiger partial charge in [0.05, 0.1) is 6.26 Å². The molecule has 6 heteroatoms. The number of hydrogen-bond acceptors (Lipinski definition) is 4. The molecule has 3 rings (SSSR count). The molecule has 23 heavy (non-hydrogen) atoms. The lowest BCUT2D eigenvalue weighted by Gasteiger charge is -2.37. The summed E-state index contributed by atoms with van der Waals surface area (Å²) < 4.78 is 5.18. The summed E-state index contributed by atoms with van der Waals surface area (Å²) in [5.74, 6) is -0.101. The third-order valence-corrected chi connectivity index (χ3v) is 4.44. The molecule has 1 saturated carbocycles. The maximum Gasteiger partial charge on any atom is 0.265 e. The van der Waals surface area contributed by atoms with Crippen LogP contribution in [0.2, 0.25) is 0 Å². The highest BCUT2D eigenvalue weighted by Gasteiger charge is 2.37. The minimum atomic E-state index is -0.448. The van der Waals surface area contributed by atoms with E-state index in [1.54, 1.807) is 35.4 Å². The van der Waals surface area contributed by atoms with Crippen LogP contribution in [0, 0.1) is 0 Å². The standard InChI is InChI=1S/C17H18N2O3S/c20-15-14(10-4-8-13-9-5-11-22-13)16(21)19(17(23)18-15)12-6-2-1-3-7-12/h4-5,8-12H,1-3,6-7H2,(H,18,20,23)/b8-4+,14-10+. The number of amides is 2. The van der Waals surface area contributed by atoms with Crippen LogP contribution in [0.1, 0.15) is 37.9 Å². The molecule has 0 aromatic carbocycles. The highest BCUT2D eigenvalue weighted by Crippen LogP contribution is 2.25. The zero-order chi connectivity index (χ0) is 16.2. The van der Waals surface area contributed by atoms with E-state index in [0.717, 1.165) is 25.7 Å². The van der Waals surface area contributed by atoms with Crippen molar-refractivity contribution in [1.29, 1.82) is 0 Å². The van der Waals surface area contributed by atoms with E-state index in [9.17, 15) is 9.59 Å². The Kier molecular flexibility index (Phi) is 4.71. The first-order valence-corrected chi connectivity index (χ1v) is 8.18. The Morgan fingerprint density at radius 1 is 1.26 bits per heavy atom. The summed E-state index contributed by atoms with van der Waals surface area (Å²) in [4.78, 5) is 26.3. The maximum absolute atomic E-state index is 12.7. The highest BCUT2D eigenvalue weighted by atomic mass is 32.1. The molecule has 1 N–H and O–H groups in total. The monoisotopic (exact) mass is 330 g/mol. The van der Waals surface area contributed by atoms with Crippen LogP contribution < -0.4 is 5.32 Å². The van der Waals surface area contributed by atoms with Crippen molar-refractivity contribution in [3.63, 3.8) is 0 Å². The lowest BCUT2D eigenvalue weighted by molar-refractivity contribution is -0.130. The largest absolute Gasteiger partial charge is 0.465 e. The van der Waals surface area contributed by atoms with Crippen molar-refractivity contribution < 1.29 is 14.0 Å². The third kappa shape index (κ3) is 3.42. The first-order chi connectivity index (χ1) is 11.2. The Hall–Kier alpha value is -2.21. The lowest BCUT2D eigenvalue weighted by Crippen LogP contribution is -2.57. The Balaban J connectivity index is 1.80. The molecular weight excluding hydrogens is 312 g/mol. The topological polar surface area (TPSA) is 62.6 Å². The Bertz CT molecular complexity index is 670. The Morgan fingerprint density at radius 3 is 2.74 bits per heavy atom. The normalized spacial score (nSPS) is 22.2. The van der Waals surface area contributed by atoms with Crippen LogP contribution in [-0.2, 0) is 9.59 Å². The van der Waals surface area contributed by atoms with Gasteiger partial charge in [-0.05, 0) is 49.3 Å². The minimum absolute atomic E-state index is 0.0850. The van der Waals surface area contributed by atoms with Gasteiger partial charge in [0.2, 0.25) is 0 Å². The quantitative estimate of drug-likeness (QED) is 0.526. The summed E-state index contributed by atoms with van der Waals surface area (Å²) in [6.07, 6.45) is 11.6. The molecule has 1 aromatic heterocycles. The van der Waals surface area contributed by atoms with Crippen LogP contribution in [0.5, 0.6) is 0 Å². The molecule has 5 nitrogen and oxygen atoms in total. The van der Waals surface area contributed by atoms with Gasteiger partial charge in [-0.3, -0.25) is 19.8 Å². The first kappa shape index (κ1) is 15.7. The van der Waals surface area contributed by atoms with Crippen molar-refractivity contribution in [2.24, 2.45) is 0 Å². The number of hydrogen-bond donors (Lipinski definition) is 1. The van der Waals surface area contributed by atoms with Crippen molar-refractivity contribution in [2.75, 3.05) is 0 Å². The molecule has 0 atom stereocenters. The fourth-order valence-electron chi connectivity index (χ4n) is 2.99. The number of carbonyl (C=O) groups excluding carboxylic acids is 2. The van der Waals surface area contributed by atoms with Gasteiger partial charge in [-0.1, -0.05) is 25.3 Å². The van der Waals surface area contributed by atoms with Crippen LogP contribution in [0.3, 0.4) is 0 Å². The number of nitrogens with one attached hydrogen (secondary N) is 1. The average molecular weight is 330 g/mol. The predicted molar refractivity (Wildman–Crippen MR) is 90.3 cm³/mol. The number of rotatable bonds is 3. The van der Waals surface area contributed by atoms with Gasteiger partial charge in [-0.2, -0.15) is 0 Å². The SMILES string of the molecule is O=C1NC(=S)N(C2CCCCC2)C(=O)/C1=C/C=C/c1ccco1. The summed E-state index contributed by atoms with van der Waals surface area (Å²) >= 11 is 5.21. The molecule has 0 spiro atoms. The molecule has 0 radical (unpaired) electrons. The molecule has 2 fully saturated rings. The smallest absolute Gasteiger partial charge is 0.265 e. The van der Waals surface area contributed by atoms with Crippen molar-refractivity contribution in [2.45, 2.75) is 38.1 Å². The van der Waals surface area contributed by atoms with Gasteiger partial charge in [0, 0.05) is 6.04 Å². The van der Waals surface area contributed by atoms with E-state index < -0.39 is 5.91 Å². The van der Waals surface area contributed by atoms with Gasteiger partial charge < -0.3 is 4.42 Å². The van der Waals surface area contributed by atoms with Gasteiger partial charge in [0.1, 0.15) is 11.3 Å². The highest BCUT2D eigenvalue weighted by molar-refractivity contribution is 7.80. The van der Waals surface area contributed by atoms with E-state index in [0.29, 0.717) is 5.76 Å². The fraction of sp³-hybridized carbons (Fsp3) is 0.353. The first-order valence-electron chi connectivity index (χ1n) is 7.77. The van der Waals surface area contributed by atoms with E-state index in [2.05, 4.69) is 5.32 Å². The average Bonchev–Trinajstić information content (AvgIpc) is 3.04. The molecule has 2 amide bonds. The second-order valence-corrected chi connectivity index (χ2v) is 6.07. The zero-order valence-corrected chi connectivity index (χ0v) is 13.5. The molecule has 1 aliphatic heterocycles. The van der Waals surface area contributed by atoms with Crippen LogP contribution >= 0.6 is 12.2 Å². The number of thiocarbonyl (C=S) groups is 1. The van der Waals surface area contributed by atoms with Crippen LogP contribution in [-0.4, -0.2) is 27.9 Å². The minimum Gasteiger partial charge on any atom is -0.465 e. The van der Waals surface area contributed by atoms with Gasteiger partial charge in [0.15, 0.2) is 5.11 Å². The van der Waals surface area contributed by atoms with E-state index in [4.69, 9.17) is 16.6 Å². The fourth-order valence-corrected chi connectivity index (χ4v) is 3.31. The molecule has 2 aliphatic rings.